The zero-order chi connectivity index (χ0) is 13.0. The lowest BCUT2D eigenvalue weighted by molar-refractivity contribution is 0.516. The highest BCUT2D eigenvalue weighted by Crippen LogP contribution is 2.18. The van der Waals surface area contributed by atoms with Crippen molar-refractivity contribution in [3.63, 3.8) is 0 Å². The summed E-state index contributed by atoms with van der Waals surface area (Å²) >= 11 is 0. The Morgan fingerprint density at radius 2 is 2.17 bits per heavy atom. The van der Waals surface area contributed by atoms with Gasteiger partial charge < -0.3 is 5.32 Å². The summed E-state index contributed by atoms with van der Waals surface area (Å²) in [4.78, 5) is 0. The van der Waals surface area contributed by atoms with Crippen LogP contribution in [-0.4, -0.2) is 36.5 Å². The van der Waals surface area contributed by atoms with E-state index in [4.69, 9.17) is 0 Å². The molecule has 7 heteroatoms. The largest absolute Gasteiger partial charge is 0.304 e. The van der Waals surface area contributed by atoms with Crippen LogP contribution in [0.2, 0.25) is 0 Å². The summed E-state index contributed by atoms with van der Waals surface area (Å²) in [6, 6.07) is -0.00593. The van der Waals surface area contributed by atoms with Crippen LogP contribution in [-0.2, 0) is 13.6 Å². The summed E-state index contributed by atoms with van der Waals surface area (Å²) in [6.07, 6.45) is 4.76. The highest BCUT2D eigenvalue weighted by Gasteiger charge is 2.20. The van der Waals surface area contributed by atoms with E-state index in [1.165, 1.54) is 0 Å². The molecule has 0 aliphatic heterocycles. The van der Waals surface area contributed by atoms with E-state index in [1.54, 1.807) is 10.9 Å². The third-order valence-corrected chi connectivity index (χ3v) is 2.76. The molecule has 0 amide bonds. The van der Waals surface area contributed by atoms with Crippen LogP contribution >= 0.6 is 0 Å². The molecule has 98 valence electrons. The second kappa shape index (κ2) is 5.72. The molecule has 1 atom stereocenters. The minimum atomic E-state index is -0.00593. The third kappa shape index (κ3) is 2.56. The molecule has 7 nitrogen and oxygen atoms in total. The van der Waals surface area contributed by atoms with Crippen LogP contribution in [0.5, 0.6) is 0 Å². The van der Waals surface area contributed by atoms with Gasteiger partial charge in [-0.1, -0.05) is 17.4 Å². The van der Waals surface area contributed by atoms with Crippen molar-refractivity contribution in [3.05, 3.63) is 23.8 Å². The predicted octanol–water partition coefficient (Wildman–Crippen LogP) is 0.515. The zero-order valence-corrected chi connectivity index (χ0v) is 11.0. The molecule has 2 heterocycles. The quantitative estimate of drug-likeness (QED) is 0.807. The Kier molecular flexibility index (Phi) is 4.03. The van der Waals surface area contributed by atoms with Gasteiger partial charge in [0.25, 0.3) is 0 Å². The molecular weight excluding hydrogens is 230 g/mol. The van der Waals surface area contributed by atoms with Crippen molar-refractivity contribution in [2.75, 3.05) is 6.54 Å². The van der Waals surface area contributed by atoms with Crippen molar-refractivity contribution in [1.29, 1.82) is 0 Å². The molecule has 0 saturated heterocycles. The fourth-order valence-corrected chi connectivity index (χ4v) is 1.88. The SMILES string of the molecule is CCCNC(c1cn(C)nn1)c1cnnn1CC. The molecule has 1 unspecified atom stereocenters. The lowest BCUT2D eigenvalue weighted by Crippen LogP contribution is -2.26. The van der Waals surface area contributed by atoms with Gasteiger partial charge >= 0.3 is 0 Å². The first-order chi connectivity index (χ1) is 8.76. The Hall–Kier alpha value is -1.76. The molecule has 0 spiro atoms. The summed E-state index contributed by atoms with van der Waals surface area (Å²) in [5, 5.41) is 19.7. The van der Waals surface area contributed by atoms with E-state index in [0.717, 1.165) is 30.9 Å². The van der Waals surface area contributed by atoms with Crippen LogP contribution in [0, 0.1) is 0 Å². The first-order valence-corrected chi connectivity index (χ1v) is 6.24. The van der Waals surface area contributed by atoms with E-state index in [2.05, 4.69) is 32.9 Å². The zero-order valence-electron chi connectivity index (χ0n) is 11.0. The molecule has 18 heavy (non-hydrogen) atoms. The van der Waals surface area contributed by atoms with Crippen molar-refractivity contribution >= 4 is 0 Å². The summed E-state index contributed by atoms with van der Waals surface area (Å²) in [7, 11) is 1.86. The molecule has 0 radical (unpaired) electrons. The smallest absolute Gasteiger partial charge is 0.106 e. The second-order valence-electron chi connectivity index (χ2n) is 4.18. The molecular formula is C11H19N7. The number of rotatable bonds is 6. The first-order valence-electron chi connectivity index (χ1n) is 6.24. The Morgan fingerprint density at radius 1 is 1.33 bits per heavy atom. The molecule has 0 aliphatic rings. The summed E-state index contributed by atoms with van der Waals surface area (Å²) < 4.78 is 3.58. The van der Waals surface area contributed by atoms with Crippen LogP contribution in [0.1, 0.15) is 37.7 Å². The summed E-state index contributed by atoms with van der Waals surface area (Å²) in [6.45, 7) is 5.89. The molecule has 0 aliphatic carbocycles. The third-order valence-electron chi connectivity index (χ3n) is 2.76. The molecule has 0 aromatic carbocycles. The Labute approximate surface area is 106 Å². The van der Waals surface area contributed by atoms with Crippen molar-refractivity contribution < 1.29 is 0 Å². The average molecular weight is 249 g/mol. The molecule has 0 saturated carbocycles. The number of aryl methyl sites for hydroxylation is 2. The monoisotopic (exact) mass is 249 g/mol. The van der Waals surface area contributed by atoms with Gasteiger partial charge in [-0.15, -0.1) is 10.2 Å². The van der Waals surface area contributed by atoms with Gasteiger partial charge in [-0.05, 0) is 19.9 Å². The van der Waals surface area contributed by atoms with Crippen LogP contribution in [0.25, 0.3) is 0 Å². The van der Waals surface area contributed by atoms with E-state index in [-0.39, 0.29) is 6.04 Å². The Balaban J connectivity index is 2.30. The van der Waals surface area contributed by atoms with Crippen molar-refractivity contribution in [2.45, 2.75) is 32.9 Å². The number of nitrogens with one attached hydrogen (secondary N) is 1. The van der Waals surface area contributed by atoms with Gasteiger partial charge in [0.1, 0.15) is 5.69 Å². The van der Waals surface area contributed by atoms with Crippen LogP contribution in [0.15, 0.2) is 12.4 Å². The lowest BCUT2D eigenvalue weighted by Gasteiger charge is -2.16. The minimum absolute atomic E-state index is 0.00593. The van der Waals surface area contributed by atoms with Gasteiger partial charge in [-0.25, -0.2) is 4.68 Å². The maximum atomic E-state index is 4.18. The van der Waals surface area contributed by atoms with Gasteiger partial charge in [0, 0.05) is 13.6 Å². The number of hydrogen-bond donors (Lipinski definition) is 1. The van der Waals surface area contributed by atoms with Crippen molar-refractivity contribution in [1.82, 2.24) is 35.3 Å². The summed E-state index contributed by atoms with van der Waals surface area (Å²) in [5.41, 5.74) is 1.91. The Morgan fingerprint density at radius 3 is 2.78 bits per heavy atom. The van der Waals surface area contributed by atoms with E-state index >= 15 is 0 Å². The number of aromatic nitrogens is 6. The number of nitrogens with zero attached hydrogens (tertiary/aromatic N) is 6. The van der Waals surface area contributed by atoms with Crippen LogP contribution in [0.3, 0.4) is 0 Å². The van der Waals surface area contributed by atoms with Gasteiger partial charge in [0.05, 0.1) is 24.1 Å². The van der Waals surface area contributed by atoms with Gasteiger partial charge in [0.2, 0.25) is 0 Å². The van der Waals surface area contributed by atoms with Crippen LogP contribution in [0.4, 0.5) is 0 Å². The van der Waals surface area contributed by atoms with E-state index in [1.807, 2.05) is 24.9 Å². The molecule has 2 aromatic rings. The van der Waals surface area contributed by atoms with Gasteiger partial charge in [-0.3, -0.25) is 4.68 Å². The van der Waals surface area contributed by atoms with E-state index in [0.29, 0.717) is 0 Å². The Bertz CT molecular complexity index is 487. The number of hydrogen-bond acceptors (Lipinski definition) is 5. The molecule has 2 rings (SSSR count). The van der Waals surface area contributed by atoms with Gasteiger partial charge in [0.15, 0.2) is 0 Å². The van der Waals surface area contributed by atoms with E-state index in [9.17, 15) is 0 Å². The maximum absolute atomic E-state index is 4.18. The standard InChI is InChI=1S/C11H19N7/c1-4-6-12-11(9-8-17(3)16-14-9)10-7-13-15-18(10)5-2/h7-8,11-12H,4-6H2,1-3H3. The van der Waals surface area contributed by atoms with Gasteiger partial charge in [-0.2, -0.15) is 0 Å². The lowest BCUT2D eigenvalue weighted by atomic mass is 10.1. The maximum Gasteiger partial charge on any atom is 0.106 e. The fourth-order valence-electron chi connectivity index (χ4n) is 1.88. The highest BCUT2D eigenvalue weighted by atomic mass is 15.4. The topological polar surface area (TPSA) is 73.5 Å². The molecule has 0 bridgehead atoms. The van der Waals surface area contributed by atoms with Crippen LogP contribution < -0.4 is 5.32 Å². The predicted molar refractivity (Wildman–Crippen MR) is 66.8 cm³/mol. The first kappa shape index (κ1) is 12.7. The van der Waals surface area contributed by atoms with E-state index < -0.39 is 0 Å². The van der Waals surface area contributed by atoms with Crippen molar-refractivity contribution in [3.8, 4) is 0 Å². The molecule has 0 fully saturated rings. The van der Waals surface area contributed by atoms with Crippen molar-refractivity contribution in [2.24, 2.45) is 7.05 Å². The summed E-state index contributed by atoms with van der Waals surface area (Å²) in [5.74, 6) is 0. The fraction of sp³-hybridized carbons (Fsp3) is 0.636. The molecule has 1 N–H and O–H groups in total. The molecule has 2 aromatic heterocycles. The highest BCUT2D eigenvalue weighted by molar-refractivity contribution is 5.16. The second-order valence-corrected chi connectivity index (χ2v) is 4.18. The minimum Gasteiger partial charge on any atom is -0.304 e. The normalized spacial score (nSPS) is 12.8. The average Bonchev–Trinajstić information content (AvgIpc) is 2.99.